The monoisotopic (exact) mass is 263 g/mol. The van der Waals surface area contributed by atoms with Gasteiger partial charge < -0.3 is 5.32 Å². The molecule has 0 saturated carbocycles. The van der Waals surface area contributed by atoms with Gasteiger partial charge in [-0.15, -0.1) is 0 Å². The Hall–Kier alpha value is -0.470. The Labute approximate surface area is 116 Å². The zero-order valence-corrected chi connectivity index (χ0v) is 13.0. The minimum atomic E-state index is 0.235. The van der Waals surface area contributed by atoms with E-state index in [9.17, 15) is 0 Å². The molecule has 1 heterocycles. The van der Waals surface area contributed by atoms with E-state index in [2.05, 4.69) is 70.0 Å². The van der Waals surface area contributed by atoms with Gasteiger partial charge in [-0.1, -0.05) is 45.9 Å². The Balaban J connectivity index is 2.43. The summed E-state index contributed by atoms with van der Waals surface area (Å²) in [5, 5.41) is 4.23. The fourth-order valence-electron chi connectivity index (χ4n) is 2.55. The molecule has 2 atom stereocenters. The number of hydrogen-bond donors (Lipinski definition) is 1. The highest BCUT2D eigenvalue weighted by molar-refractivity contribution is 7.99. The van der Waals surface area contributed by atoms with Crippen molar-refractivity contribution in [2.45, 2.75) is 56.6 Å². The van der Waals surface area contributed by atoms with Gasteiger partial charge in [0.15, 0.2) is 0 Å². The van der Waals surface area contributed by atoms with Crippen LogP contribution in [0.2, 0.25) is 0 Å². The highest BCUT2D eigenvalue weighted by Crippen LogP contribution is 2.36. The molecule has 0 aliphatic carbocycles. The molecule has 1 aromatic rings. The molecular weight excluding hydrogens is 238 g/mol. The standard InChI is InChI=1S/C16H25NS/c1-11-8-15(17-5)14-9-13(16(2,3)4)7-6-12(14)10-18-11/h6-7,9,11,15,17H,8,10H2,1-5H3. The van der Waals surface area contributed by atoms with E-state index in [0.717, 1.165) is 11.0 Å². The van der Waals surface area contributed by atoms with Gasteiger partial charge in [0.1, 0.15) is 0 Å². The van der Waals surface area contributed by atoms with Crippen LogP contribution >= 0.6 is 11.8 Å². The lowest BCUT2D eigenvalue weighted by molar-refractivity contribution is 0.543. The molecule has 2 unspecified atom stereocenters. The van der Waals surface area contributed by atoms with Crippen molar-refractivity contribution in [1.29, 1.82) is 0 Å². The Morgan fingerprint density at radius 2 is 2.00 bits per heavy atom. The first-order valence-electron chi connectivity index (χ1n) is 6.84. The van der Waals surface area contributed by atoms with E-state index in [1.807, 2.05) is 0 Å². The summed E-state index contributed by atoms with van der Waals surface area (Å²) in [6, 6.07) is 7.58. The lowest BCUT2D eigenvalue weighted by atomic mass is 9.84. The Bertz CT molecular complexity index is 420. The van der Waals surface area contributed by atoms with Gasteiger partial charge >= 0.3 is 0 Å². The quantitative estimate of drug-likeness (QED) is 0.812. The third kappa shape index (κ3) is 2.92. The number of fused-ring (bicyclic) bond motifs is 1. The fraction of sp³-hybridized carbons (Fsp3) is 0.625. The van der Waals surface area contributed by atoms with Crippen LogP contribution in [0, 0.1) is 0 Å². The van der Waals surface area contributed by atoms with Crippen molar-refractivity contribution >= 4 is 11.8 Å². The summed E-state index contributed by atoms with van der Waals surface area (Å²) >= 11 is 2.07. The van der Waals surface area contributed by atoms with Crippen LogP contribution in [-0.4, -0.2) is 12.3 Å². The summed E-state index contributed by atoms with van der Waals surface area (Å²) in [7, 11) is 2.08. The third-order valence-electron chi connectivity index (χ3n) is 3.83. The van der Waals surface area contributed by atoms with Gasteiger partial charge in [-0.2, -0.15) is 11.8 Å². The van der Waals surface area contributed by atoms with Crippen LogP contribution in [0.4, 0.5) is 0 Å². The molecule has 1 aliphatic rings. The molecule has 1 nitrogen and oxygen atoms in total. The molecule has 0 fully saturated rings. The SMILES string of the molecule is CNC1CC(C)SCc2ccc(C(C)(C)C)cc21. The van der Waals surface area contributed by atoms with Gasteiger partial charge in [0.25, 0.3) is 0 Å². The Kier molecular flexibility index (Phi) is 4.08. The van der Waals surface area contributed by atoms with Gasteiger partial charge in [-0.25, -0.2) is 0 Å². The molecule has 18 heavy (non-hydrogen) atoms. The van der Waals surface area contributed by atoms with Gasteiger partial charge in [0.2, 0.25) is 0 Å². The Morgan fingerprint density at radius 1 is 1.28 bits per heavy atom. The van der Waals surface area contributed by atoms with E-state index in [-0.39, 0.29) is 5.41 Å². The molecule has 1 N–H and O–H groups in total. The number of thioether (sulfide) groups is 1. The molecule has 0 radical (unpaired) electrons. The zero-order chi connectivity index (χ0) is 13.3. The predicted molar refractivity (Wildman–Crippen MR) is 82.3 cm³/mol. The van der Waals surface area contributed by atoms with E-state index >= 15 is 0 Å². The molecule has 2 rings (SSSR count). The zero-order valence-electron chi connectivity index (χ0n) is 12.2. The molecular formula is C16H25NS. The maximum absolute atomic E-state index is 3.50. The van der Waals surface area contributed by atoms with Crippen molar-refractivity contribution in [2.75, 3.05) is 7.05 Å². The summed E-state index contributed by atoms with van der Waals surface area (Å²) in [5.41, 5.74) is 4.71. The summed E-state index contributed by atoms with van der Waals surface area (Å²) in [6.45, 7) is 9.21. The van der Waals surface area contributed by atoms with E-state index in [4.69, 9.17) is 0 Å². The van der Waals surface area contributed by atoms with E-state index in [0.29, 0.717) is 6.04 Å². The van der Waals surface area contributed by atoms with E-state index < -0.39 is 0 Å². The van der Waals surface area contributed by atoms with Crippen LogP contribution in [0.3, 0.4) is 0 Å². The summed E-state index contributed by atoms with van der Waals surface area (Å²) in [5.74, 6) is 1.15. The molecule has 0 bridgehead atoms. The predicted octanol–water partition coefficient (Wildman–Crippen LogP) is 4.27. The second kappa shape index (κ2) is 5.26. The van der Waals surface area contributed by atoms with E-state index in [1.165, 1.54) is 23.1 Å². The van der Waals surface area contributed by atoms with Crippen molar-refractivity contribution in [3.63, 3.8) is 0 Å². The minimum Gasteiger partial charge on any atom is -0.313 e. The molecule has 1 aliphatic heterocycles. The lowest BCUT2D eigenvalue weighted by Gasteiger charge is -2.24. The lowest BCUT2D eigenvalue weighted by Crippen LogP contribution is -2.20. The molecule has 0 spiro atoms. The van der Waals surface area contributed by atoms with Crippen LogP contribution < -0.4 is 5.32 Å². The van der Waals surface area contributed by atoms with Crippen LogP contribution in [0.1, 0.15) is 56.8 Å². The average molecular weight is 263 g/mol. The largest absolute Gasteiger partial charge is 0.313 e. The maximum atomic E-state index is 3.50. The maximum Gasteiger partial charge on any atom is 0.0331 e. The van der Waals surface area contributed by atoms with Crippen LogP contribution in [0.25, 0.3) is 0 Å². The number of nitrogens with one attached hydrogen (secondary N) is 1. The molecule has 0 saturated heterocycles. The normalized spacial score (nSPS) is 24.5. The molecule has 1 aromatic carbocycles. The fourth-order valence-corrected chi connectivity index (χ4v) is 3.61. The number of benzene rings is 1. The molecule has 2 heteroatoms. The molecule has 100 valence electrons. The summed E-state index contributed by atoms with van der Waals surface area (Å²) < 4.78 is 0. The van der Waals surface area contributed by atoms with Crippen molar-refractivity contribution in [2.24, 2.45) is 0 Å². The highest BCUT2D eigenvalue weighted by Gasteiger charge is 2.23. The van der Waals surface area contributed by atoms with Crippen molar-refractivity contribution in [3.05, 3.63) is 34.9 Å². The van der Waals surface area contributed by atoms with Crippen LogP contribution in [-0.2, 0) is 11.2 Å². The summed E-state index contributed by atoms with van der Waals surface area (Å²) in [4.78, 5) is 0. The van der Waals surface area contributed by atoms with Gasteiger partial charge in [0.05, 0.1) is 0 Å². The second-order valence-corrected chi connectivity index (χ2v) is 7.79. The van der Waals surface area contributed by atoms with E-state index in [1.54, 1.807) is 0 Å². The minimum absolute atomic E-state index is 0.235. The van der Waals surface area contributed by atoms with Crippen molar-refractivity contribution in [1.82, 2.24) is 5.32 Å². The van der Waals surface area contributed by atoms with Crippen molar-refractivity contribution in [3.8, 4) is 0 Å². The van der Waals surface area contributed by atoms with Gasteiger partial charge in [-0.3, -0.25) is 0 Å². The molecule has 0 amide bonds. The first kappa shape index (κ1) is 14.0. The topological polar surface area (TPSA) is 12.0 Å². The first-order valence-corrected chi connectivity index (χ1v) is 7.89. The molecule has 0 aromatic heterocycles. The number of rotatable bonds is 1. The smallest absolute Gasteiger partial charge is 0.0331 e. The van der Waals surface area contributed by atoms with Gasteiger partial charge in [-0.05, 0) is 35.6 Å². The second-order valence-electron chi connectivity index (χ2n) is 6.36. The van der Waals surface area contributed by atoms with Crippen LogP contribution in [0.5, 0.6) is 0 Å². The first-order chi connectivity index (χ1) is 8.41. The van der Waals surface area contributed by atoms with Gasteiger partial charge in [0, 0.05) is 17.0 Å². The van der Waals surface area contributed by atoms with Crippen molar-refractivity contribution < 1.29 is 0 Å². The average Bonchev–Trinajstić information content (AvgIpc) is 2.47. The number of hydrogen-bond acceptors (Lipinski definition) is 2. The summed E-state index contributed by atoms with van der Waals surface area (Å²) in [6.07, 6.45) is 1.22. The Morgan fingerprint density at radius 3 is 2.61 bits per heavy atom. The highest BCUT2D eigenvalue weighted by atomic mass is 32.2. The third-order valence-corrected chi connectivity index (χ3v) is 5.07. The van der Waals surface area contributed by atoms with Crippen LogP contribution in [0.15, 0.2) is 18.2 Å².